The van der Waals surface area contributed by atoms with E-state index >= 15 is 0 Å². The fourth-order valence-corrected chi connectivity index (χ4v) is 2.55. The van der Waals surface area contributed by atoms with E-state index in [1.54, 1.807) is 4.90 Å². The quantitative estimate of drug-likeness (QED) is 0.824. The third-order valence-corrected chi connectivity index (χ3v) is 4.08. The second-order valence-corrected chi connectivity index (χ2v) is 7.42. The first kappa shape index (κ1) is 18.6. The van der Waals surface area contributed by atoms with Crippen LogP contribution in [-0.2, 0) is 16.1 Å². The number of ether oxygens (including phenoxy) is 2. The Balaban J connectivity index is 1.88. The summed E-state index contributed by atoms with van der Waals surface area (Å²) in [6, 6.07) is 4.06. The molecule has 0 aromatic heterocycles. The van der Waals surface area contributed by atoms with Crippen LogP contribution in [0.1, 0.15) is 46.1 Å². The first-order valence-electron chi connectivity index (χ1n) is 8.14. The van der Waals surface area contributed by atoms with E-state index in [9.17, 15) is 13.6 Å². The number of benzene rings is 1. The highest BCUT2D eigenvalue weighted by molar-refractivity contribution is 5.68. The van der Waals surface area contributed by atoms with E-state index in [2.05, 4.69) is 0 Å². The molecule has 0 atom stereocenters. The van der Waals surface area contributed by atoms with Crippen LogP contribution in [0.15, 0.2) is 18.2 Å². The molecule has 24 heavy (non-hydrogen) atoms. The van der Waals surface area contributed by atoms with E-state index in [0.717, 1.165) is 6.07 Å². The maximum atomic E-state index is 13.7. The van der Waals surface area contributed by atoms with Gasteiger partial charge < -0.3 is 14.4 Å². The third-order valence-electron chi connectivity index (χ3n) is 4.08. The summed E-state index contributed by atoms with van der Waals surface area (Å²) in [6.45, 7) is 8.44. The van der Waals surface area contributed by atoms with Crippen LogP contribution in [0.3, 0.4) is 0 Å². The Morgan fingerprint density at radius 1 is 1.25 bits per heavy atom. The number of rotatable bonds is 3. The lowest BCUT2D eigenvalue weighted by molar-refractivity contribution is -0.0819. The van der Waals surface area contributed by atoms with Crippen LogP contribution in [0, 0.1) is 11.6 Å². The molecular formula is C18H25F2NO3. The molecule has 2 rings (SSSR count). The largest absolute Gasteiger partial charge is 0.444 e. The van der Waals surface area contributed by atoms with Gasteiger partial charge in [-0.3, -0.25) is 0 Å². The molecule has 6 heteroatoms. The van der Waals surface area contributed by atoms with E-state index < -0.39 is 22.8 Å². The Morgan fingerprint density at radius 2 is 1.88 bits per heavy atom. The van der Waals surface area contributed by atoms with Gasteiger partial charge in [-0.2, -0.15) is 0 Å². The zero-order valence-corrected chi connectivity index (χ0v) is 14.7. The lowest BCUT2D eigenvalue weighted by Gasteiger charge is -2.39. The topological polar surface area (TPSA) is 38.8 Å². The number of halogens is 2. The molecule has 1 aromatic rings. The normalized spacial score (nSPS) is 17.7. The molecule has 134 valence electrons. The Kier molecular flexibility index (Phi) is 5.48. The molecule has 1 aliphatic rings. The van der Waals surface area contributed by atoms with Gasteiger partial charge in [-0.15, -0.1) is 0 Å². The van der Waals surface area contributed by atoms with Crippen LogP contribution >= 0.6 is 0 Å². The minimum atomic E-state index is -0.874. The van der Waals surface area contributed by atoms with Gasteiger partial charge in [0.25, 0.3) is 0 Å². The van der Waals surface area contributed by atoms with E-state index in [1.165, 1.54) is 12.1 Å². The summed E-state index contributed by atoms with van der Waals surface area (Å²) in [5, 5.41) is 0. The third kappa shape index (κ3) is 4.90. The van der Waals surface area contributed by atoms with Crippen molar-refractivity contribution in [2.24, 2.45) is 0 Å². The average Bonchev–Trinajstić information content (AvgIpc) is 2.48. The molecule has 1 amide bonds. The Bertz CT molecular complexity index is 590. The maximum Gasteiger partial charge on any atom is 0.410 e. The van der Waals surface area contributed by atoms with Gasteiger partial charge in [0.05, 0.1) is 12.2 Å². The Hall–Kier alpha value is -1.69. The van der Waals surface area contributed by atoms with Gasteiger partial charge in [0, 0.05) is 18.7 Å². The van der Waals surface area contributed by atoms with Crippen molar-refractivity contribution < 1.29 is 23.0 Å². The first-order chi connectivity index (χ1) is 11.1. The summed E-state index contributed by atoms with van der Waals surface area (Å²) in [6.07, 6.45) is 0.896. The lowest BCUT2D eigenvalue weighted by Crippen LogP contribution is -2.47. The van der Waals surface area contributed by atoms with Crippen molar-refractivity contribution in [2.45, 2.75) is 58.3 Å². The minimum absolute atomic E-state index is 0.00648. The zero-order chi connectivity index (χ0) is 18.0. The molecule has 0 N–H and O–H groups in total. The average molecular weight is 341 g/mol. The highest BCUT2D eigenvalue weighted by atomic mass is 19.2. The van der Waals surface area contributed by atoms with Crippen molar-refractivity contribution in [3.8, 4) is 0 Å². The van der Waals surface area contributed by atoms with Crippen LogP contribution in [0.5, 0.6) is 0 Å². The van der Waals surface area contributed by atoms with Gasteiger partial charge in [-0.25, -0.2) is 13.6 Å². The molecule has 0 bridgehead atoms. The molecule has 1 fully saturated rings. The standard InChI is InChI=1S/C18H25F2NO3/c1-17(2,3)24-16(22)21-10-8-18(4,9-11-21)23-12-13-6-5-7-14(19)15(13)20/h5-7H,8-12H2,1-4H3. The van der Waals surface area contributed by atoms with E-state index in [4.69, 9.17) is 9.47 Å². The van der Waals surface area contributed by atoms with E-state index in [1.807, 2.05) is 27.7 Å². The molecule has 4 nitrogen and oxygen atoms in total. The van der Waals surface area contributed by atoms with Crippen molar-refractivity contribution in [3.63, 3.8) is 0 Å². The summed E-state index contributed by atoms with van der Waals surface area (Å²) < 4.78 is 38.1. The van der Waals surface area contributed by atoms with Gasteiger partial charge in [-0.1, -0.05) is 12.1 Å². The molecule has 1 aromatic carbocycles. The van der Waals surface area contributed by atoms with Gasteiger partial charge in [0.2, 0.25) is 0 Å². The van der Waals surface area contributed by atoms with Crippen molar-refractivity contribution in [1.82, 2.24) is 4.90 Å². The molecule has 0 spiro atoms. The number of nitrogens with zero attached hydrogens (tertiary/aromatic N) is 1. The van der Waals surface area contributed by atoms with Crippen molar-refractivity contribution in [2.75, 3.05) is 13.1 Å². The molecule has 0 saturated carbocycles. The van der Waals surface area contributed by atoms with Crippen LogP contribution < -0.4 is 0 Å². The molecule has 0 aliphatic carbocycles. The number of hydrogen-bond acceptors (Lipinski definition) is 3. The van der Waals surface area contributed by atoms with E-state index in [0.29, 0.717) is 25.9 Å². The predicted octanol–water partition coefficient (Wildman–Crippen LogP) is 4.27. The van der Waals surface area contributed by atoms with Crippen molar-refractivity contribution in [3.05, 3.63) is 35.4 Å². The monoisotopic (exact) mass is 341 g/mol. The zero-order valence-electron chi connectivity index (χ0n) is 14.7. The number of carbonyl (C=O) groups excluding carboxylic acids is 1. The molecule has 1 aliphatic heterocycles. The second kappa shape index (κ2) is 7.05. The fraction of sp³-hybridized carbons (Fsp3) is 0.611. The number of likely N-dealkylation sites (tertiary alicyclic amines) is 1. The van der Waals surface area contributed by atoms with Crippen LogP contribution in [-0.4, -0.2) is 35.3 Å². The number of carbonyl (C=O) groups is 1. The van der Waals surface area contributed by atoms with Crippen molar-refractivity contribution in [1.29, 1.82) is 0 Å². The molecule has 1 saturated heterocycles. The Morgan fingerprint density at radius 3 is 2.46 bits per heavy atom. The highest BCUT2D eigenvalue weighted by Gasteiger charge is 2.34. The smallest absolute Gasteiger partial charge is 0.410 e. The molecule has 1 heterocycles. The maximum absolute atomic E-state index is 13.7. The fourth-order valence-electron chi connectivity index (χ4n) is 2.55. The minimum Gasteiger partial charge on any atom is -0.444 e. The molecule has 0 radical (unpaired) electrons. The number of amides is 1. The summed E-state index contributed by atoms with van der Waals surface area (Å²) in [5.74, 6) is -1.74. The van der Waals surface area contributed by atoms with Gasteiger partial charge in [0.1, 0.15) is 5.60 Å². The Labute approximate surface area is 141 Å². The van der Waals surface area contributed by atoms with Gasteiger partial charge in [0.15, 0.2) is 11.6 Å². The molecular weight excluding hydrogens is 316 g/mol. The van der Waals surface area contributed by atoms with E-state index in [-0.39, 0.29) is 18.3 Å². The van der Waals surface area contributed by atoms with Gasteiger partial charge in [-0.05, 0) is 46.6 Å². The summed E-state index contributed by atoms with van der Waals surface area (Å²) in [7, 11) is 0. The molecule has 0 unspecified atom stereocenters. The second-order valence-electron chi connectivity index (χ2n) is 7.42. The van der Waals surface area contributed by atoms with Crippen molar-refractivity contribution >= 4 is 6.09 Å². The predicted molar refractivity (Wildman–Crippen MR) is 86.6 cm³/mol. The van der Waals surface area contributed by atoms with Crippen LogP contribution in [0.4, 0.5) is 13.6 Å². The van der Waals surface area contributed by atoms with Crippen LogP contribution in [0.25, 0.3) is 0 Å². The summed E-state index contributed by atoms with van der Waals surface area (Å²) >= 11 is 0. The summed E-state index contributed by atoms with van der Waals surface area (Å²) in [4.78, 5) is 13.7. The van der Waals surface area contributed by atoms with Crippen LogP contribution in [0.2, 0.25) is 0 Å². The summed E-state index contributed by atoms with van der Waals surface area (Å²) in [5.41, 5.74) is -0.800. The highest BCUT2D eigenvalue weighted by Crippen LogP contribution is 2.28. The SMILES string of the molecule is CC(C)(C)OC(=O)N1CCC(C)(OCc2cccc(F)c2F)CC1. The van der Waals surface area contributed by atoms with Gasteiger partial charge >= 0.3 is 6.09 Å². The number of piperidine rings is 1. The first-order valence-corrected chi connectivity index (χ1v) is 8.14. The number of hydrogen-bond donors (Lipinski definition) is 0. The lowest BCUT2D eigenvalue weighted by atomic mass is 9.93.